The molecule has 0 aromatic carbocycles. The number of unbranched alkanes of at least 4 members (excludes halogenated alkanes) is 15. The van der Waals surface area contributed by atoms with E-state index in [-0.39, 0.29) is 13.2 Å². The summed E-state index contributed by atoms with van der Waals surface area (Å²) in [4.78, 5) is 13.6. The monoisotopic (exact) mass is 502 g/mol. The van der Waals surface area contributed by atoms with Crippen molar-refractivity contribution in [3.8, 4) is 0 Å². The first-order valence-electron chi connectivity index (χ1n) is 14.5. The van der Waals surface area contributed by atoms with Crippen molar-refractivity contribution in [3.63, 3.8) is 0 Å². The average molecular weight is 503 g/mol. The van der Waals surface area contributed by atoms with Gasteiger partial charge in [0.15, 0.2) is 0 Å². The van der Waals surface area contributed by atoms with Gasteiger partial charge >= 0.3 is 0 Å². The summed E-state index contributed by atoms with van der Waals surface area (Å²) in [7, 11) is 4.34. The van der Waals surface area contributed by atoms with Gasteiger partial charge in [-0.25, -0.2) is 0 Å². The number of nitrogens with one attached hydrogen (secondary N) is 1. The van der Waals surface area contributed by atoms with Gasteiger partial charge in [-0.05, 0) is 33.5 Å². The maximum absolute atomic E-state index is 11.3. The van der Waals surface area contributed by atoms with Crippen molar-refractivity contribution in [1.29, 1.82) is 0 Å². The fourth-order valence-electron chi connectivity index (χ4n) is 3.80. The topological polar surface area (TPSA) is 93.0 Å². The first kappa shape index (κ1) is 36.5. The van der Waals surface area contributed by atoms with Crippen LogP contribution in [0.15, 0.2) is 0 Å². The van der Waals surface area contributed by atoms with Crippen LogP contribution in [0.5, 0.6) is 0 Å². The Morgan fingerprint density at radius 1 is 0.743 bits per heavy atom. The van der Waals surface area contributed by atoms with Gasteiger partial charge in [-0.15, -0.1) is 0 Å². The lowest BCUT2D eigenvalue weighted by atomic mass is 9.87. The molecule has 0 aliphatic heterocycles. The SMILES string of the molecule is CC(C)(CO)C(O)C(=O)NCCCO.CCCCCCCCCCCCCCCCCCN(C)C. The van der Waals surface area contributed by atoms with E-state index < -0.39 is 17.4 Å². The minimum absolute atomic E-state index is 0.000230. The van der Waals surface area contributed by atoms with Gasteiger partial charge in [0.1, 0.15) is 6.10 Å². The van der Waals surface area contributed by atoms with Crippen LogP contribution < -0.4 is 5.32 Å². The quantitative estimate of drug-likeness (QED) is 0.135. The molecule has 212 valence electrons. The van der Waals surface area contributed by atoms with Crippen molar-refractivity contribution < 1.29 is 20.1 Å². The van der Waals surface area contributed by atoms with E-state index in [0.29, 0.717) is 13.0 Å². The van der Waals surface area contributed by atoms with Gasteiger partial charge in [-0.2, -0.15) is 0 Å². The van der Waals surface area contributed by atoms with E-state index in [1.807, 2.05) is 0 Å². The van der Waals surface area contributed by atoms with Crippen LogP contribution in [0.1, 0.15) is 130 Å². The Labute approximate surface area is 218 Å². The molecule has 0 fully saturated rings. The zero-order valence-corrected chi connectivity index (χ0v) is 24.1. The van der Waals surface area contributed by atoms with Crippen LogP contribution in [0.2, 0.25) is 0 Å². The highest BCUT2D eigenvalue weighted by molar-refractivity contribution is 5.81. The highest BCUT2D eigenvalue weighted by atomic mass is 16.3. The molecule has 0 aliphatic carbocycles. The summed E-state index contributed by atoms with van der Waals surface area (Å²) >= 11 is 0. The molecule has 4 N–H and O–H groups in total. The van der Waals surface area contributed by atoms with Gasteiger partial charge in [0.2, 0.25) is 5.91 Å². The van der Waals surface area contributed by atoms with Gasteiger partial charge in [0.05, 0.1) is 6.61 Å². The molecular weight excluding hydrogens is 440 g/mol. The fraction of sp³-hybridized carbons (Fsp3) is 0.966. The third kappa shape index (κ3) is 26.2. The molecule has 6 heteroatoms. The van der Waals surface area contributed by atoms with Crippen LogP contribution in [0.4, 0.5) is 0 Å². The molecule has 35 heavy (non-hydrogen) atoms. The lowest BCUT2D eigenvalue weighted by Crippen LogP contribution is -2.45. The first-order chi connectivity index (χ1) is 16.7. The largest absolute Gasteiger partial charge is 0.396 e. The average Bonchev–Trinajstić information content (AvgIpc) is 2.83. The van der Waals surface area contributed by atoms with Crippen LogP contribution in [-0.4, -0.2) is 72.6 Å². The van der Waals surface area contributed by atoms with Gasteiger partial charge in [0.25, 0.3) is 0 Å². The van der Waals surface area contributed by atoms with Crippen LogP contribution in [0.25, 0.3) is 0 Å². The molecule has 0 radical (unpaired) electrons. The summed E-state index contributed by atoms with van der Waals surface area (Å²) in [6, 6.07) is 0. The molecule has 0 saturated heterocycles. The molecule has 0 heterocycles. The maximum atomic E-state index is 11.3. The summed E-state index contributed by atoms with van der Waals surface area (Å²) in [6.07, 6.45) is 22.5. The zero-order chi connectivity index (χ0) is 26.8. The Bertz CT molecular complexity index is 444. The number of aliphatic hydroxyl groups excluding tert-OH is 3. The number of carbonyl (C=O) groups is 1. The Morgan fingerprint density at radius 2 is 1.14 bits per heavy atom. The van der Waals surface area contributed by atoms with Crippen molar-refractivity contribution in [2.45, 2.75) is 136 Å². The van der Waals surface area contributed by atoms with E-state index in [2.05, 4.69) is 31.2 Å². The summed E-state index contributed by atoms with van der Waals surface area (Å²) in [5, 5.41) is 29.3. The molecule has 0 aromatic rings. The Balaban J connectivity index is 0. The van der Waals surface area contributed by atoms with E-state index in [1.165, 1.54) is 109 Å². The molecule has 0 spiro atoms. The highest BCUT2D eigenvalue weighted by Gasteiger charge is 2.32. The van der Waals surface area contributed by atoms with E-state index >= 15 is 0 Å². The van der Waals surface area contributed by atoms with E-state index in [1.54, 1.807) is 13.8 Å². The van der Waals surface area contributed by atoms with E-state index in [0.717, 1.165) is 0 Å². The lowest BCUT2D eigenvalue weighted by Gasteiger charge is -2.27. The standard InChI is InChI=1S/C20H43N.C9H19NO4/c1-4-5-6-7-8-9-10-11-12-13-14-15-16-17-18-19-20-21(2)3;1-9(2,6-12)7(13)8(14)10-4-3-5-11/h4-20H2,1-3H3;7,11-13H,3-6H2,1-2H3,(H,10,14). The number of rotatable bonds is 23. The van der Waals surface area contributed by atoms with Crippen LogP contribution >= 0.6 is 0 Å². The third-order valence-electron chi connectivity index (χ3n) is 6.49. The molecule has 1 atom stereocenters. The molecule has 1 amide bonds. The summed E-state index contributed by atoms with van der Waals surface area (Å²) in [5.74, 6) is -0.516. The molecule has 1 unspecified atom stereocenters. The fourth-order valence-corrected chi connectivity index (χ4v) is 3.80. The van der Waals surface area contributed by atoms with Gasteiger partial charge < -0.3 is 25.5 Å². The summed E-state index contributed by atoms with van der Waals surface area (Å²) in [5.41, 5.74) is -0.844. The first-order valence-corrected chi connectivity index (χ1v) is 14.5. The minimum Gasteiger partial charge on any atom is -0.396 e. The Morgan fingerprint density at radius 3 is 1.49 bits per heavy atom. The van der Waals surface area contributed by atoms with Crippen molar-refractivity contribution in [2.75, 3.05) is 40.4 Å². The van der Waals surface area contributed by atoms with Gasteiger partial charge in [0, 0.05) is 18.6 Å². The predicted molar refractivity (Wildman–Crippen MR) is 150 cm³/mol. The third-order valence-corrected chi connectivity index (χ3v) is 6.49. The van der Waals surface area contributed by atoms with Crippen LogP contribution in [-0.2, 0) is 4.79 Å². The van der Waals surface area contributed by atoms with Crippen molar-refractivity contribution in [2.24, 2.45) is 5.41 Å². The van der Waals surface area contributed by atoms with Crippen molar-refractivity contribution in [1.82, 2.24) is 10.2 Å². The van der Waals surface area contributed by atoms with Crippen LogP contribution in [0, 0.1) is 5.41 Å². The second-order valence-corrected chi connectivity index (χ2v) is 11.0. The lowest BCUT2D eigenvalue weighted by molar-refractivity contribution is -0.137. The maximum Gasteiger partial charge on any atom is 0.249 e. The molecule has 0 aromatic heterocycles. The Hall–Kier alpha value is -0.690. The van der Waals surface area contributed by atoms with Gasteiger partial charge in [-0.3, -0.25) is 4.79 Å². The highest BCUT2D eigenvalue weighted by Crippen LogP contribution is 2.19. The molecule has 0 rings (SSSR count). The molecule has 0 bridgehead atoms. The number of hydrogen-bond acceptors (Lipinski definition) is 5. The molecule has 6 nitrogen and oxygen atoms in total. The van der Waals surface area contributed by atoms with Crippen molar-refractivity contribution in [3.05, 3.63) is 0 Å². The summed E-state index contributed by atoms with van der Waals surface area (Å²) < 4.78 is 0. The number of hydrogen-bond donors (Lipinski definition) is 4. The number of aliphatic hydroxyl groups is 3. The second-order valence-electron chi connectivity index (χ2n) is 11.0. The smallest absolute Gasteiger partial charge is 0.249 e. The zero-order valence-electron chi connectivity index (χ0n) is 24.1. The number of amides is 1. The second kappa shape index (κ2) is 26.4. The predicted octanol–water partition coefficient (Wildman–Crippen LogP) is 5.67. The number of carbonyl (C=O) groups excluding carboxylic acids is 1. The van der Waals surface area contributed by atoms with E-state index in [4.69, 9.17) is 10.2 Å². The molecule has 0 aliphatic rings. The Kier molecular flexibility index (Phi) is 27.5. The van der Waals surface area contributed by atoms with E-state index in [9.17, 15) is 9.90 Å². The summed E-state index contributed by atoms with van der Waals surface area (Å²) in [6.45, 7) is 6.82. The van der Waals surface area contributed by atoms with Crippen molar-refractivity contribution >= 4 is 5.91 Å². The number of nitrogens with zero attached hydrogens (tertiary/aromatic N) is 1. The molecular formula is C29H62N2O4. The minimum atomic E-state index is -1.23. The van der Waals surface area contributed by atoms with Crippen LogP contribution in [0.3, 0.4) is 0 Å². The normalized spacial score (nSPS) is 12.4. The molecule has 0 saturated carbocycles. The van der Waals surface area contributed by atoms with Gasteiger partial charge in [-0.1, -0.05) is 117 Å².